The van der Waals surface area contributed by atoms with Crippen LogP contribution < -0.4 is 0 Å². The number of benzene rings is 1. The van der Waals surface area contributed by atoms with Crippen molar-refractivity contribution < 1.29 is 0 Å². The summed E-state index contributed by atoms with van der Waals surface area (Å²) in [5.41, 5.74) is 4.76. The second-order valence-electron chi connectivity index (χ2n) is 7.06. The number of hydrogen-bond donors (Lipinski definition) is 0. The lowest BCUT2D eigenvalue weighted by Crippen LogP contribution is -2.55. The molecule has 1 nitrogen and oxygen atoms in total. The standard InChI is InChI=1S/C18H21N/c1-12(2)7-14-5-6-19-17-4-3-15(8-16(14)17)18-9-13(10-18)11-18/h3-6,8,12-13H,7,9-11H2,1-2H3. The van der Waals surface area contributed by atoms with Crippen molar-refractivity contribution in [2.45, 2.75) is 44.9 Å². The number of fused-ring (bicyclic) bond motifs is 1. The molecule has 0 saturated heterocycles. The Bertz CT molecular complexity index is 624. The summed E-state index contributed by atoms with van der Waals surface area (Å²) >= 11 is 0. The Morgan fingerprint density at radius 3 is 2.63 bits per heavy atom. The lowest BCUT2D eigenvalue weighted by Gasteiger charge is -2.62. The van der Waals surface area contributed by atoms with E-state index in [2.05, 4.69) is 43.1 Å². The van der Waals surface area contributed by atoms with E-state index in [0.29, 0.717) is 11.3 Å². The van der Waals surface area contributed by atoms with Crippen molar-refractivity contribution in [3.63, 3.8) is 0 Å². The predicted molar refractivity (Wildman–Crippen MR) is 79.3 cm³/mol. The fraction of sp³-hybridized carbons (Fsp3) is 0.500. The second kappa shape index (κ2) is 3.82. The summed E-state index contributed by atoms with van der Waals surface area (Å²) in [6.07, 6.45) is 7.40. The van der Waals surface area contributed by atoms with Crippen LogP contribution in [0.2, 0.25) is 0 Å². The number of nitrogens with zero attached hydrogens (tertiary/aromatic N) is 1. The SMILES string of the molecule is CC(C)Cc1ccnc2ccc(C34CC(C3)C4)cc12. The second-order valence-corrected chi connectivity index (χ2v) is 7.06. The molecule has 0 spiro atoms. The topological polar surface area (TPSA) is 12.9 Å². The van der Waals surface area contributed by atoms with Gasteiger partial charge < -0.3 is 0 Å². The molecule has 0 atom stereocenters. The highest BCUT2D eigenvalue weighted by Crippen LogP contribution is 2.65. The van der Waals surface area contributed by atoms with Gasteiger partial charge in [-0.2, -0.15) is 0 Å². The van der Waals surface area contributed by atoms with Crippen LogP contribution in [0.25, 0.3) is 10.9 Å². The van der Waals surface area contributed by atoms with Gasteiger partial charge in [0.2, 0.25) is 0 Å². The Labute approximate surface area is 115 Å². The number of pyridine rings is 1. The predicted octanol–water partition coefficient (Wildman–Crippen LogP) is 4.48. The van der Waals surface area contributed by atoms with Gasteiger partial charge in [0, 0.05) is 11.6 Å². The molecule has 19 heavy (non-hydrogen) atoms. The molecule has 1 aromatic heterocycles. The van der Waals surface area contributed by atoms with E-state index in [9.17, 15) is 0 Å². The third kappa shape index (κ3) is 1.64. The molecule has 3 aliphatic carbocycles. The van der Waals surface area contributed by atoms with E-state index in [0.717, 1.165) is 17.9 Å². The first-order valence-corrected chi connectivity index (χ1v) is 7.54. The van der Waals surface area contributed by atoms with Crippen LogP contribution in [0.1, 0.15) is 44.2 Å². The lowest BCUT2D eigenvalue weighted by molar-refractivity contribution is -0.0272. The Balaban J connectivity index is 1.81. The summed E-state index contributed by atoms with van der Waals surface area (Å²) in [5.74, 6) is 1.74. The van der Waals surface area contributed by atoms with Crippen molar-refractivity contribution in [3.8, 4) is 0 Å². The van der Waals surface area contributed by atoms with Gasteiger partial charge in [0.1, 0.15) is 0 Å². The molecule has 0 radical (unpaired) electrons. The molecule has 3 saturated carbocycles. The van der Waals surface area contributed by atoms with E-state index in [-0.39, 0.29) is 0 Å². The Morgan fingerprint density at radius 2 is 2.00 bits per heavy atom. The molecule has 1 heteroatoms. The van der Waals surface area contributed by atoms with E-state index in [4.69, 9.17) is 0 Å². The van der Waals surface area contributed by atoms with Crippen molar-refractivity contribution in [1.29, 1.82) is 0 Å². The van der Waals surface area contributed by atoms with Gasteiger partial charge in [-0.25, -0.2) is 0 Å². The van der Waals surface area contributed by atoms with Crippen molar-refractivity contribution in [3.05, 3.63) is 41.6 Å². The van der Waals surface area contributed by atoms with Gasteiger partial charge >= 0.3 is 0 Å². The monoisotopic (exact) mass is 251 g/mol. The average Bonchev–Trinajstić information content (AvgIpc) is 2.25. The number of hydrogen-bond acceptors (Lipinski definition) is 1. The smallest absolute Gasteiger partial charge is 0.0704 e. The summed E-state index contributed by atoms with van der Waals surface area (Å²) in [6, 6.07) is 9.20. The van der Waals surface area contributed by atoms with Gasteiger partial charge in [0.05, 0.1) is 5.52 Å². The molecule has 5 rings (SSSR count). The summed E-state index contributed by atoms with van der Waals surface area (Å²) in [7, 11) is 0. The first-order chi connectivity index (χ1) is 9.16. The zero-order valence-electron chi connectivity index (χ0n) is 11.8. The minimum atomic E-state index is 0.559. The fourth-order valence-electron chi connectivity index (χ4n) is 3.98. The molecular weight excluding hydrogens is 230 g/mol. The highest BCUT2D eigenvalue weighted by atomic mass is 14.7. The van der Waals surface area contributed by atoms with Crippen LogP contribution in [0.15, 0.2) is 30.5 Å². The van der Waals surface area contributed by atoms with E-state index in [1.54, 1.807) is 5.56 Å². The molecule has 1 aromatic carbocycles. The Morgan fingerprint density at radius 1 is 1.21 bits per heavy atom. The normalized spacial score (nSPS) is 28.3. The molecule has 0 N–H and O–H groups in total. The zero-order valence-corrected chi connectivity index (χ0v) is 11.8. The molecule has 0 aliphatic heterocycles. The maximum Gasteiger partial charge on any atom is 0.0704 e. The van der Waals surface area contributed by atoms with Crippen LogP contribution >= 0.6 is 0 Å². The van der Waals surface area contributed by atoms with Gasteiger partial charge in [-0.1, -0.05) is 19.9 Å². The van der Waals surface area contributed by atoms with Gasteiger partial charge in [-0.3, -0.25) is 4.98 Å². The van der Waals surface area contributed by atoms with Crippen LogP contribution in [-0.4, -0.2) is 4.98 Å². The molecule has 0 amide bonds. The number of rotatable bonds is 3. The zero-order chi connectivity index (χ0) is 13.0. The van der Waals surface area contributed by atoms with E-state index in [1.165, 1.54) is 30.2 Å². The maximum absolute atomic E-state index is 4.53. The van der Waals surface area contributed by atoms with Gasteiger partial charge in [0.25, 0.3) is 0 Å². The average molecular weight is 251 g/mol. The largest absolute Gasteiger partial charge is 0.256 e. The third-order valence-corrected chi connectivity index (χ3v) is 5.11. The van der Waals surface area contributed by atoms with Crippen molar-refractivity contribution in [2.24, 2.45) is 11.8 Å². The third-order valence-electron chi connectivity index (χ3n) is 5.11. The Kier molecular flexibility index (Phi) is 2.30. The van der Waals surface area contributed by atoms with Gasteiger partial charge in [-0.15, -0.1) is 0 Å². The van der Waals surface area contributed by atoms with Crippen LogP contribution in [-0.2, 0) is 11.8 Å². The van der Waals surface area contributed by atoms with E-state index < -0.39 is 0 Å². The van der Waals surface area contributed by atoms with Crippen LogP contribution in [0.4, 0.5) is 0 Å². The summed E-state index contributed by atoms with van der Waals surface area (Å²) < 4.78 is 0. The Hall–Kier alpha value is -1.37. The molecule has 1 heterocycles. The highest BCUT2D eigenvalue weighted by Gasteiger charge is 2.57. The molecule has 3 aliphatic rings. The molecule has 98 valence electrons. The lowest BCUT2D eigenvalue weighted by atomic mass is 9.42. The molecular formula is C18H21N. The van der Waals surface area contributed by atoms with Crippen molar-refractivity contribution >= 4 is 10.9 Å². The van der Waals surface area contributed by atoms with Gasteiger partial charge in [0.15, 0.2) is 0 Å². The van der Waals surface area contributed by atoms with Crippen LogP contribution in [0.3, 0.4) is 0 Å². The van der Waals surface area contributed by atoms with Crippen LogP contribution in [0, 0.1) is 11.8 Å². The van der Waals surface area contributed by atoms with Gasteiger partial charge in [-0.05, 0) is 72.3 Å². The summed E-state index contributed by atoms with van der Waals surface area (Å²) in [5, 5.41) is 1.39. The summed E-state index contributed by atoms with van der Waals surface area (Å²) in [6.45, 7) is 4.58. The van der Waals surface area contributed by atoms with E-state index in [1.807, 2.05) is 6.20 Å². The molecule has 3 fully saturated rings. The van der Waals surface area contributed by atoms with Crippen molar-refractivity contribution in [1.82, 2.24) is 4.98 Å². The highest BCUT2D eigenvalue weighted by molar-refractivity contribution is 5.83. The minimum Gasteiger partial charge on any atom is -0.256 e. The molecule has 2 aromatic rings. The fourth-order valence-corrected chi connectivity index (χ4v) is 3.98. The van der Waals surface area contributed by atoms with Crippen molar-refractivity contribution in [2.75, 3.05) is 0 Å². The minimum absolute atomic E-state index is 0.559. The molecule has 2 bridgehead atoms. The van der Waals surface area contributed by atoms with Crippen LogP contribution in [0.5, 0.6) is 0 Å². The maximum atomic E-state index is 4.53. The van der Waals surface area contributed by atoms with E-state index >= 15 is 0 Å². The molecule has 0 unspecified atom stereocenters. The quantitative estimate of drug-likeness (QED) is 0.783. The number of aromatic nitrogens is 1. The first kappa shape index (κ1) is 11.5. The summed E-state index contributed by atoms with van der Waals surface area (Å²) in [4.78, 5) is 4.53. The first-order valence-electron chi connectivity index (χ1n) is 7.54.